The molecule has 2 rings (SSSR count). The lowest BCUT2D eigenvalue weighted by Gasteiger charge is -2.18. The second kappa shape index (κ2) is 6.88. The zero-order chi connectivity index (χ0) is 12.8. The Balaban J connectivity index is 1.83. The lowest BCUT2D eigenvalue weighted by Crippen LogP contribution is -2.19. The Labute approximate surface area is 117 Å². The Bertz CT molecular complexity index is 435. The van der Waals surface area contributed by atoms with Gasteiger partial charge >= 0.3 is 0 Å². The van der Waals surface area contributed by atoms with E-state index in [9.17, 15) is 0 Å². The number of hydrogen-bond acceptors (Lipinski definition) is 3. The smallest absolute Gasteiger partial charge is 0.161 e. The lowest BCUT2D eigenvalue weighted by molar-refractivity contribution is 0.171. The topological polar surface area (TPSA) is 30.5 Å². The van der Waals surface area contributed by atoms with Gasteiger partial charge in [0.15, 0.2) is 11.5 Å². The van der Waals surface area contributed by atoms with Crippen molar-refractivity contribution in [3.05, 3.63) is 34.3 Å². The fourth-order valence-electron chi connectivity index (χ4n) is 1.72. The van der Waals surface area contributed by atoms with E-state index in [2.05, 4.69) is 5.32 Å². The molecule has 5 heteroatoms. The molecule has 18 heavy (non-hydrogen) atoms. The SMILES string of the molecule is ClC=C(Cl)CNCCc1ccc2c(c1)OCCO2. The van der Waals surface area contributed by atoms with E-state index in [0.717, 1.165) is 24.5 Å². The van der Waals surface area contributed by atoms with Crippen LogP contribution in [0.2, 0.25) is 0 Å². The van der Waals surface area contributed by atoms with Crippen LogP contribution in [0, 0.1) is 0 Å². The van der Waals surface area contributed by atoms with Crippen molar-refractivity contribution in [3.63, 3.8) is 0 Å². The number of hydrogen-bond donors (Lipinski definition) is 1. The van der Waals surface area contributed by atoms with Crippen LogP contribution in [-0.2, 0) is 6.42 Å². The minimum absolute atomic E-state index is 0.593. The molecule has 0 fully saturated rings. The third kappa shape index (κ3) is 3.80. The molecule has 1 heterocycles. The van der Waals surface area contributed by atoms with Gasteiger partial charge < -0.3 is 14.8 Å². The first-order valence-corrected chi connectivity index (χ1v) is 6.65. The van der Waals surface area contributed by atoms with E-state index in [1.165, 1.54) is 11.1 Å². The van der Waals surface area contributed by atoms with Gasteiger partial charge in [0.05, 0.1) is 0 Å². The van der Waals surface area contributed by atoms with Gasteiger partial charge in [-0.1, -0.05) is 29.3 Å². The third-order valence-corrected chi connectivity index (χ3v) is 3.23. The summed E-state index contributed by atoms with van der Waals surface area (Å²) in [7, 11) is 0. The standard InChI is InChI=1S/C13H15Cl2NO2/c14-8-11(15)9-16-4-3-10-1-2-12-13(7-10)18-6-5-17-12/h1-2,7-8,16H,3-6,9H2. The van der Waals surface area contributed by atoms with E-state index in [1.54, 1.807) is 0 Å². The summed E-state index contributed by atoms with van der Waals surface area (Å²) in [4.78, 5) is 0. The number of nitrogens with one attached hydrogen (secondary N) is 1. The van der Waals surface area contributed by atoms with Gasteiger partial charge in [-0.05, 0) is 30.7 Å². The molecule has 1 N–H and O–H groups in total. The number of halogens is 2. The van der Waals surface area contributed by atoms with E-state index in [0.29, 0.717) is 24.8 Å². The Morgan fingerprint density at radius 2 is 2.06 bits per heavy atom. The molecule has 0 aliphatic carbocycles. The van der Waals surface area contributed by atoms with Crippen molar-refractivity contribution in [2.24, 2.45) is 0 Å². The van der Waals surface area contributed by atoms with Crippen molar-refractivity contribution in [2.75, 3.05) is 26.3 Å². The lowest BCUT2D eigenvalue weighted by atomic mass is 10.1. The normalized spacial score (nSPS) is 14.7. The number of ether oxygens (including phenoxy) is 2. The molecule has 0 atom stereocenters. The summed E-state index contributed by atoms with van der Waals surface area (Å²) in [6, 6.07) is 6.03. The van der Waals surface area contributed by atoms with Crippen LogP contribution in [0.3, 0.4) is 0 Å². The predicted octanol–water partition coefficient (Wildman–Crippen LogP) is 2.91. The van der Waals surface area contributed by atoms with E-state index >= 15 is 0 Å². The highest BCUT2D eigenvalue weighted by Crippen LogP contribution is 2.30. The minimum atomic E-state index is 0.593. The van der Waals surface area contributed by atoms with Crippen molar-refractivity contribution < 1.29 is 9.47 Å². The molecule has 3 nitrogen and oxygen atoms in total. The van der Waals surface area contributed by atoms with Crippen LogP contribution in [0.15, 0.2) is 28.8 Å². The van der Waals surface area contributed by atoms with E-state index in [-0.39, 0.29) is 0 Å². The Kier molecular flexibility index (Phi) is 5.17. The van der Waals surface area contributed by atoms with Crippen LogP contribution in [0.5, 0.6) is 11.5 Å². The highest BCUT2D eigenvalue weighted by molar-refractivity contribution is 6.36. The molecule has 0 aromatic heterocycles. The molecule has 0 saturated carbocycles. The van der Waals surface area contributed by atoms with Crippen LogP contribution in [0.25, 0.3) is 0 Å². The fraction of sp³-hybridized carbons (Fsp3) is 0.385. The third-order valence-electron chi connectivity index (χ3n) is 2.61. The minimum Gasteiger partial charge on any atom is -0.486 e. The molecule has 0 radical (unpaired) electrons. The average molecular weight is 288 g/mol. The zero-order valence-electron chi connectivity index (χ0n) is 9.92. The molecule has 0 unspecified atom stereocenters. The van der Waals surface area contributed by atoms with Crippen LogP contribution in [0.1, 0.15) is 5.56 Å². The van der Waals surface area contributed by atoms with Crippen LogP contribution < -0.4 is 14.8 Å². The van der Waals surface area contributed by atoms with Gasteiger partial charge in [-0.25, -0.2) is 0 Å². The summed E-state index contributed by atoms with van der Waals surface area (Å²) in [6.45, 7) is 2.66. The van der Waals surface area contributed by atoms with Crippen molar-refractivity contribution in [1.82, 2.24) is 5.32 Å². The Hall–Kier alpha value is -0.900. The van der Waals surface area contributed by atoms with E-state index in [1.807, 2.05) is 18.2 Å². The number of benzene rings is 1. The molecule has 1 aromatic carbocycles. The predicted molar refractivity (Wildman–Crippen MR) is 73.8 cm³/mol. The van der Waals surface area contributed by atoms with Crippen LogP contribution in [0.4, 0.5) is 0 Å². The van der Waals surface area contributed by atoms with Crippen molar-refractivity contribution in [3.8, 4) is 11.5 Å². The first kappa shape index (κ1) is 13.5. The molecule has 1 aliphatic heterocycles. The molecule has 0 saturated heterocycles. The van der Waals surface area contributed by atoms with E-state index < -0.39 is 0 Å². The summed E-state index contributed by atoms with van der Waals surface area (Å²) < 4.78 is 11.0. The van der Waals surface area contributed by atoms with Gasteiger partial charge in [0.2, 0.25) is 0 Å². The summed E-state index contributed by atoms with van der Waals surface area (Å²) in [6.07, 6.45) is 0.906. The summed E-state index contributed by atoms with van der Waals surface area (Å²) in [5.41, 5.74) is 2.58. The first-order chi connectivity index (χ1) is 8.79. The van der Waals surface area contributed by atoms with Crippen molar-refractivity contribution in [1.29, 1.82) is 0 Å². The Morgan fingerprint density at radius 1 is 1.28 bits per heavy atom. The van der Waals surface area contributed by atoms with Gasteiger partial charge in [-0.2, -0.15) is 0 Å². The van der Waals surface area contributed by atoms with Crippen molar-refractivity contribution in [2.45, 2.75) is 6.42 Å². The molecule has 1 aromatic rings. The highest BCUT2D eigenvalue weighted by Gasteiger charge is 2.11. The second-order valence-corrected chi connectivity index (χ2v) is 4.66. The Morgan fingerprint density at radius 3 is 2.83 bits per heavy atom. The fourth-order valence-corrected chi connectivity index (χ4v) is 1.89. The maximum atomic E-state index is 5.77. The largest absolute Gasteiger partial charge is 0.486 e. The highest BCUT2D eigenvalue weighted by atomic mass is 35.5. The maximum Gasteiger partial charge on any atom is 0.161 e. The summed E-state index contributed by atoms with van der Waals surface area (Å²) in [5.74, 6) is 1.66. The monoisotopic (exact) mass is 287 g/mol. The summed E-state index contributed by atoms with van der Waals surface area (Å²) in [5, 5.41) is 3.82. The van der Waals surface area contributed by atoms with Crippen molar-refractivity contribution >= 4 is 23.2 Å². The molecule has 0 amide bonds. The summed E-state index contributed by atoms with van der Waals surface area (Å²) >= 11 is 11.2. The van der Waals surface area contributed by atoms with Gasteiger partial charge in [-0.15, -0.1) is 0 Å². The maximum absolute atomic E-state index is 5.77. The second-order valence-electron chi connectivity index (χ2n) is 3.96. The molecule has 0 bridgehead atoms. The van der Waals surface area contributed by atoms with Gasteiger partial charge in [-0.3, -0.25) is 0 Å². The molecule has 1 aliphatic rings. The van der Waals surface area contributed by atoms with E-state index in [4.69, 9.17) is 32.7 Å². The molecule has 98 valence electrons. The zero-order valence-corrected chi connectivity index (χ0v) is 11.4. The quantitative estimate of drug-likeness (QED) is 0.845. The molecular formula is C13H15Cl2NO2. The average Bonchev–Trinajstić information content (AvgIpc) is 2.43. The van der Waals surface area contributed by atoms with Crippen LogP contribution >= 0.6 is 23.2 Å². The number of fused-ring (bicyclic) bond motifs is 1. The van der Waals surface area contributed by atoms with Gasteiger partial charge in [0, 0.05) is 17.1 Å². The first-order valence-electron chi connectivity index (χ1n) is 5.83. The van der Waals surface area contributed by atoms with Gasteiger partial charge in [0.25, 0.3) is 0 Å². The molecule has 0 spiro atoms. The number of rotatable bonds is 5. The van der Waals surface area contributed by atoms with Gasteiger partial charge in [0.1, 0.15) is 13.2 Å². The molecular weight excluding hydrogens is 273 g/mol. The van der Waals surface area contributed by atoms with Crippen LogP contribution in [-0.4, -0.2) is 26.3 Å².